The molecular formula is C50H36I2N4Pt. The van der Waals surface area contributed by atoms with Crippen LogP contribution in [0, 0.1) is 12.1 Å². The minimum atomic E-state index is -0.108. The summed E-state index contributed by atoms with van der Waals surface area (Å²) in [6, 6.07) is 63.1. The number of nitrogens with zero attached hydrogens (tertiary/aromatic N) is 4. The van der Waals surface area contributed by atoms with E-state index >= 15 is 0 Å². The van der Waals surface area contributed by atoms with E-state index in [1.807, 2.05) is 48.8 Å². The van der Waals surface area contributed by atoms with Gasteiger partial charge < -0.3 is 19.4 Å². The number of pyridine rings is 2. The average Bonchev–Trinajstić information content (AvgIpc) is 3.69. The molecule has 6 aromatic carbocycles. The summed E-state index contributed by atoms with van der Waals surface area (Å²) in [4.78, 5) is 11.5. The Morgan fingerprint density at radius 3 is 1.75 bits per heavy atom. The van der Waals surface area contributed by atoms with Crippen molar-refractivity contribution in [2.45, 2.75) is 19.3 Å². The SMILES string of the molecule is CC1(C)c2ccccc2-c2cc3c4cc(N(c5[c-]c(-c6ccccn6)ccc5)c5[c-]c(-c6ccccn6)ccc5)ccc4n(-c4ccccc4)c3cc21.ICI.[Pt+2]. The van der Waals surface area contributed by atoms with Gasteiger partial charge in [-0.3, -0.25) is 0 Å². The second-order valence-corrected chi connectivity index (χ2v) is 18.7. The molecule has 7 heteroatoms. The maximum atomic E-state index is 4.64. The first kappa shape index (κ1) is 39.2. The van der Waals surface area contributed by atoms with E-state index in [1.165, 1.54) is 41.0 Å². The maximum absolute atomic E-state index is 4.64. The average molecular weight is 1140 g/mol. The van der Waals surface area contributed by atoms with Gasteiger partial charge in [-0.05, 0) is 99.6 Å². The molecule has 0 saturated heterocycles. The van der Waals surface area contributed by atoms with Gasteiger partial charge in [-0.1, -0.05) is 126 Å². The number of benzene rings is 6. The predicted octanol–water partition coefficient (Wildman–Crippen LogP) is 14.1. The third kappa shape index (κ3) is 7.25. The standard InChI is InChI=1S/C49H34N4.CH2I2.Pt/c1-49(2)43-21-7-6-20-39(43)40-31-42-41-30-38(24-25-47(41)53(48(42)32-44(40)49)35-16-4-3-5-17-35)52(36-18-12-14-33(28-36)45-22-8-10-26-50-45)37-19-13-15-34(29-37)46-23-9-11-27-51-46;2-1-3;/h3-27,30-32H,1-2H3;1H2;/q-2;;+2. The first-order chi connectivity index (χ1) is 27.5. The predicted molar refractivity (Wildman–Crippen MR) is 250 cm³/mol. The summed E-state index contributed by atoms with van der Waals surface area (Å²) in [5.74, 6) is 0. The van der Waals surface area contributed by atoms with Gasteiger partial charge in [0.05, 0.1) is 13.5 Å². The van der Waals surface area contributed by atoms with Crippen molar-refractivity contribution >= 4 is 84.0 Å². The van der Waals surface area contributed by atoms with Crippen LogP contribution in [0.25, 0.3) is 61.1 Å². The Kier molecular flexibility index (Phi) is 11.5. The smallest absolute Gasteiger partial charge is 0.346 e. The fourth-order valence-electron chi connectivity index (χ4n) is 8.12. The van der Waals surface area contributed by atoms with E-state index < -0.39 is 0 Å². The van der Waals surface area contributed by atoms with Gasteiger partial charge in [-0.25, -0.2) is 0 Å². The summed E-state index contributed by atoms with van der Waals surface area (Å²) in [6.45, 7) is 4.69. The molecule has 9 aromatic rings. The Hall–Kier alpha value is -4.63. The van der Waals surface area contributed by atoms with E-state index in [4.69, 9.17) is 0 Å². The zero-order chi connectivity index (χ0) is 38.2. The van der Waals surface area contributed by atoms with Crippen LogP contribution in [-0.4, -0.2) is 17.0 Å². The van der Waals surface area contributed by atoms with Crippen LogP contribution in [0.3, 0.4) is 0 Å². The molecule has 0 amide bonds. The van der Waals surface area contributed by atoms with E-state index in [0.717, 1.165) is 50.8 Å². The Morgan fingerprint density at radius 2 is 1.14 bits per heavy atom. The van der Waals surface area contributed by atoms with Gasteiger partial charge in [-0.15, -0.1) is 59.7 Å². The summed E-state index contributed by atoms with van der Waals surface area (Å²) in [6.07, 6.45) is 3.65. The number of aromatic nitrogens is 3. The Morgan fingerprint density at radius 1 is 0.561 bits per heavy atom. The van der Waals surface area contributed by atoms with E-state index in [1.54, 1.807) is 0 Å². The van der Waals surface area contributed by atoms with Crippen LogP contribution >= 0.6 is 45.2 Å². The fraction of sp³-hybridized carbons (Fsp3) is 0.0800. The molecule has 0 aliphatic heterocycles. The Balaban J connectivity index is 0.00000110. The van der Waals surface area contributed by atoms with Gasteiger partial charge >= 0.3 is 21.1 Å². The number of para-hydroxylation sites is 1. The number of hydrogen-bond donors (Lipinski definition) is 0. The fourth-order valence-corrected chi connectivity index (χ4v) is 8.12. The summed E-state index contributed by atoms with van der Waals surface area (Å²) < 4.78 is 3.61. The zero-order valence-electron chi connectivity index (χ0n) is 31.2. The van der Waals surface area contributed by atoms with Crippen molar-refractivity contribution in [3.63, 3.8) is 0 Å². The van der Waals surface area contributed by atoms with Crippen molar-refractivity contribution in [3.05, 3.63) is 193 Å². The molecule has 0 radical (unpaired) electrons. The largest absolute Gasteiger partial charge is 2.00 e. The van der Waals surface area contributed by atoms with Gasteiger partial charge in [0, 0.05) is 40.0 Å². The topological polar surface area (TPSA) is 34.0 Å². The number of alkyl halides is 2. The third-order valence-electron chi connectivity index (χ3n) is 10.6. The first-order valence-corrected chi connectivity index (χ1v) is 21.6. The van der Waals surface area contributed by atoms with E-state index in [0.29, 0.717) is 0 Å². The van der Waals surface area contributed by atoms with Crippen molar-refractivity contribution in [1.29, 1.82) is 0 Å². The number of rotatable bonds is 6. The van der Waals surface area contributed by atoms with Crippen LogP contribution in [0.1, 0.15) is 25.0 Å². The second-order valence-electron chi connectivity index (χ2n) is 14.2. The molecule has 3 aromatic heterocycles. The molecule has 0 unspecified atom stereocenters. The van der Waals surface area contributed by atoms with E-state index in [-0.39, 0.29) is 26.5 Å². The number of halogens is 2. The number of anilines is 3. The van der Waals surface area contributed by atoms with E-state index in [2.05, 4.69) is 212 Å². The molecule has 1 aliphatic rings. The van der Waals surface area contributed by atoms with Gasteiger partial charge in [0.1, 0.15) is 0 Å². The third-order valence-corrected chi connectivity index (χ3v) is 10.6. The molecule has 3 heterocycles. The molecule has 0 fully saturated rings. The Bertz CT molecular complexity index is 2760. The van der Waals surface area contributed by atoms with Crippen molar-refractivity contribution in [1.82, 2.24) is 14.5 Å². The minimum absolute atomic E-state index is 0. The van der Waals surface area contributed by atoms with Gasteiger partial charge in [0.15, 0.2) is 0 Å². The van der Waals surface area contributed by atoms with Crippen molar-refractivity contribution < 1.29 is 21.1 Å². The summed E-state index contributed by atoms with van der Waals surface area (Å²) in [7, 11) is 0. The molecular weight excluding hydrogens is 1110 g/mol. The molecule has 0 spiro atoms. The molecule has 0 atom stereocenters. The van der Waals surface area contributed by atoms with Crippen LogP contribution in [-0.2, 0) is 26.5 Å². The molecule has 57 heavy (non-hydrogen) atoms. The molecule has 280 valence electrons. The molecule has 0 bridgehead atoms. The summed E-state index contributed by atoms with van der Waals surface area (Å²) >= 11 is 4.55. The number of hydrogen-bond acceptors (Lipinski definition) is 3. The summed E-state index contributed by atoms with van der Waals surface area (Å²) in [5, 5.41) is 2.40. The van der Waals surface area contributed by atoms with Crippen LogP contribution in [0.4, 0.5) is 17.1 Å². The molecule has 0 saturated carbocycles. The van der Waals surface area contributed by atoms with Crippen LogP contribution in [0.2, 0.25) is 0 Å². The molecule has 1 aliphatic carbocycles. The summed E-state index contributed by atoms with van der Waals surface area (Å²) in [5.41, 5.74) is 15.1. The Labute approximate surface area is 375 Å². The molecule has 0 N–H and O–H groups in total. The zero-order valence-corrected chi connectivity index (χ0v) is 37.8. The van der Waals surface area contributed by atoms with Crippen LogP contribution < -0.4 is 4.90 Å². The van der Waals surface area contributed by atoms with Crippen molar-refractivity contribution in [2.75, 3.05) is 7.33 Å². The van der Waals surface area contributed by atoms with Gasteiger partial charge in [0.25, 0.3) is 0 Å². The van der Waals surface area contributed by atoms with Gasteiger partial charge in [0.2, 0.25) is 0 Å². The molecule has 10 rings (SSSR count). The monoisotopic (exact) mass is 1140 g/mol. The maximum Gasteiger partial charge on any atom is 2.00 e. The normalized spacial score (nSPS) is 12.3. The van der Waals surface area contributed by atoms with Crippen LogP contribution in [0.5, 0.6) is 0 Å². The minimum Gasteiger partial charge on any atom is -0.346 e. The first-order valence-electron chi connectivity index (χ1n) is 18.5. The second kappa shape index (κ2) is 16.7. The molecule has 4 nitrogen and oxygen atoms in total. The quantitative estimate of drug-likeness (QED) is 0.0945. The number of fused-ring (bicyclic) bond motifs is 6. The van der Waals surface area contributed by atoms with E-state index in [9.17, 15) is 0 Å². The van der Waals surface area contributed by atoms with Crippen molar-refractivity contribution in [2.24, 2.45) is 0 Å². The van der Waals surface area contributed by atoms with Crippen molar-refractivity contribution in [3.8, 4) is 39.3 Å². The van der Waals surface area contributed by atoms with Gasteiger partial charge in [-0.2, -0.15) is 0 Å². The van der Waals surface area contributed by atoms with Crippen LogP contribution in [0.15, 0.2) is 170 Å².